The van der Waals surface area contributed by atoms with Crippen LogP contribution in [0.1, 0.15) is 22.2 Å². The molecule has 0 amide bonds. The Morgan fingerprint density at radius 3 is 2.72 bits per heavy atom. The van der Waals surface area contributed by atoms with Gasteiger partial charge < -0.3 is 4.42 Å². The number of nitrogens with zero attached hydrogens (tertiary/aromatic N) is 4. The van der Waals surface area contributed by atoms with Crippen molar-refractivity contribution in [2.45, 2.75) is 25.0 Å². The molecule has 2 aromatic heterocycles. The largest absolute Gasteiger partial charge is 0.411 e. The second kappa shape index (κ2) is 7.59. The van der Waals surface area contributed by atoms with Gasteiger partial charge in [0.2, 0.25) is 5.89 Å². The van der Waals surface area contributed by atoms with Gasteiger partial charge in [-0.25, -0.2) is 4.98 Å². The number of hydrogen-bond acceptors (Lipinski definition) is 8. The van der Waals surface area contributed by atoms with Crippen LogP contribution in [0, 0.1) is 25.2 Å². The number of nitriles is 1. The van der Waals surface area contributed by atoms with Crippen LogP contribution in [0.4, 0.5) is 0 Å². The molecule has 0 N–H and O–H groups in total. The molecular weight excluding hydrogens is 356 g/mol. The maximum atomic E-state index is 12.3. The van der Waals surface area contributed by atoms with Crippen molar-refractivity contribution in [2.75, 3.05) is 5.75 Å². The van der Waals surface area contributed by atoms with Crippen molar-refractivity contribution in [3.63, 3.8) is 0 Å². The summed E-state index contributed by atoms with van der Waals surface area (Å²) < 4.78 is 5.58. The van der Waals surface area contributed by atoms with Crippen molar-refractivity contribution in [2.24, 2.45) is 0 Å². The van der Waals surface area contributed by atoms with Crippen molar-refractivity contribution >= 4 is 28.9 Å². The summed E-state index contributed by atoms with van der Waals surface area (Å²) in [6, 6.07) is 9.75. The van der Waals surface area contributed by atoms with Crippen molar-refractivity contribution in [3.05, 3.63) is 45.9 Å². The fourth-order valence-electron chi connectivity index (χ4n) is 2.07. The molecule has 0 saturated heterocycles. The average molecular weight is 370 g/mol. The maximum Gasteiger partial charge on any atom is 0.277 e. The number of aromatic nitrogens is 3. The standard InChI is InChI=1S/C17H14N4O2S2/c1-10-3-5-12(6-4-10)15-20-21-17(23-15)25-9-14(22)13(7-18)16-19-11(2)8-24-16/h3-6,8,13H,9H2,1-2H3/t13-/m0/s1. The van der Waals surface area contributed by atoms with E-state index in [0.29, 0.717) is 16.1 Å². The first-order valence-corrected chi connectivity index (χ1v) is 9.31. The second-order valence-electron chi connectivity index (χ2n) is 5.38. The minimum atomic E-state index is -0.856. The average Bonchev–Trinajstić information content (AvgIpc) is 3.24. The molecule has 6 nitrogen and oxygen atoms in total. The Balaban J connectivity index is 1.64. The van der Waals surface area contributed by atoms with E-state index in [1.807, 2.05) is 49.6 Å². The quantitative estimate of drug-likeness (QED) is 0.610. The van der Waals surface area contributed by atoms with Crippen LogP contribution in [0.25, 0.3) is 11.5 Å². The zero-order chi connectivity index (χ0) is 17.8. The number of carbonyl (C=O) groups excluding carboxylic acids is 1. The Morgan fingerprint density at radius 2 is 2.08 bits per heavy atom. The number of carbonyl (C=O) groups is 1. The highest BCUT2D eigenvalue weighted by molar-refractivity contribution is 7.99. The van der Waals surface area contributed by atoms with Gasteiger partial charge in [0.05, 0.1) is 11.8 Å². The van der Waals surface area contributed by atoms with Crippen LogP contribution in [-0.4, -0.2) is 26.7 Å². The molecule has 0 saturated carbocycles. The number of thiazole rings is 1. The summed E-state index contributed by atoms with van der Waals surface area (Å²) in [5.74, 6) is -0.600. The fraction of sp³-hybridized carbons (Fsp3) is 0.235. The zero-order valence-electron chi connectivity index (χ0n) is 13.6. The number of ketones is 1. The van der Waals surface area contributed by atoms with Crippen LogP contribution < -0.4 is 0 Å². The smallest absolute Gasteiger partial charge is 0.277 e. The third-order valence-electron chi connectivity index (χ3n) is 3.38. The zero-order valence-corrected chi connectivity index (χ0v) is 15.2. The van der Waals surface area contributed by atoms with Gasteiger partial charge in [-0.15, -0.1) is 21.5 Å². The van der Waals surface area contributed by atoms with Gasteiger partial charge in [-0.2, -0.15) is 5.26 Å². The molecule has 1 aromatic carbocycles. The highest BCUT2D eigenvalue weighted by atomic mass is 32.2. The van der Waals surface area contributed by atoms with Crippen molar-refractivity contribution in [3.8, 4) is 17.5 Å². The maximum absolute atomic E-state index is 12.3. The van der Waals surface area contributed by atoms with Crippen molar-refractivity contribution in [1.82, 2.24) is 15.2 Å². The fourth-order valence-corrected chi connectivity index (χ4v) is 3.60. The third kappa shape index (κ3) is 4.13. The van der Waals surface area contributed by atoms with Gasteiger partial charge in [0.25, 0.3) is 5.22 Å². The van der Waals surface area contributed by atoms with Gasteiger partial charge in [0, 0.05) is 16.6 Å². The molecule has 2 heterocycles. The Morgan fingerprint density at radius 1 is 1.32 bits per heavy atom. The number of thioether (sulfide) groups is 1. The molecule has 1 atom stereocenters. The highest BCUT2D eigenvalue weighted by Crippen LogP contribution is 2.26. The van der Waals surface area contributed by atoms with Crippen molar-refractivity contribution < 1.29 is 9.21 Å². The first-order valence-electron chi connectivity index (χ1n) is 7.44. The number of hydrogen-bond donors (Lipinski definition) is 0. The first-order chi connectivity index (χ1) is 12.1. The van der Waals surface area contributed by atoms with E-state index in [-0.39, 0.29) is 11.5 Å². The summed E-state index contributed by atoms with van der Waals surface area (Å²) in [5, 5.41) is 19.9. The van der Waals surface area contributed by atoms with E-state index < -0.39 is 5.92 Å². The summed E-state index contributed by atoms with van der Waals surface area (Å²) in [5.41, 5.74) is 2.77. The van der Waals surface area contributed by atoms with E-state index in [0.717, 1.165) is 28.6 Å². The minimum absolute atomic E-state index is 0.0758. The first kappa shape index (κ1) is 17.3. The molecule has 0 spiro atoms. The molecule has 25 heavy (non-hydrogen) atoms. The van der Waals surface area contributed by atoms with Crippen LogP contribution in [0.2, 0.25) is 0 Å². The summed E-state index contributed by atoms with van der Waals surface area (Å²) in [7, 11) is 0. The number of rotatable bonds is 6. The van der Waals surface area contributed by atoms with Crippen LogP contribution in [-0.2, 0) is 4.79 Å². The van der Waals surface area contributed by atoms with Gasteiger partial charge in [0.15, 0.2) is 11.7 Å². The highest BCUT2D eigenvalue weighted by Gasteiger charge is 2.24. The van der Waals surface area contributed by atoms with Crippen LogP contribution in [0.5, 0.6) is 0 Å². The molecule has 126 valence electrons. The molecule has 0 bridgehead atoms. The Kier molecular flexibility index (Phi) is 5.26. The number of aryl methyl sites for hydroxylation is 2. The van der Waals surface area contributed by atoms with Crippen LogP contribution in [0.3, 0.4) is 0 Å². The van der Waals surface area contributed by atoms with E-state index >= 15 is 0 Å². The molecule has 0 aliphatic carbocycles. The lowest BCUT2D eigenvalue weighted by molar-refractivity contribution is -0.116. The second-order valence-corrected chi connectivity index (χ2v) is 7.20. The summed E-state index contributed by atoms with van der Waals surface area (Å²) in [6.07, 6.45) is 0. The lowest BCUT2D eigenvalue weighted by atomic mass is 10.1. The molecule has 0 aliphatic rings. The predicted octanol–water partition coefficient (Wildman–Crippen LogP) is 3.78. The normalized spacial score (nSPS) is 11.9. The molecule has 0 aliphatic heterocycles. The molecule has 0 unspecified atom stereocenters. The van der Waals surface area contributed by atoms with E-state index in [1.54, 1.807) is 0 Å². The van der Waals surface area contributed by atoms with Crippen LogP contribution >= 0.6 is 23.1 Å². The third-order valence-corrected chi connectivity index (χ3v) is 5.25. The molecular formula is C17H14N4O2S2. The van der Waals surface area contributed by atoms with Gasteiger partial charge in [-0.1, -0.05) is 29.5 Å². The van der Waals surface area contributed by atoms with E-state index in [9.17, 15) is 10.1 Å². The molecule has 3 aromatic rings. The summed E-state index contributed by atoms with van der Waals surface area (Å²) in [6.45, 7) is 3.83. The molecule has 8 heteroatoms. The monoisotopic (exact) mass is 370 g/mol. The Labute approximate surface area is 152 Å². The Hall–Kier alpha value is -2.50. The van der Waals surface area contributed by atoms with Crippen LogP contribution in [0.15, 0.2) is 39.3 Å². The van der Waals surface area contributed by atoms with Gasteiger partial charge >= 0.3 is 0 Å². The SMILES string of the molecule is Cc1ccc(-c2nnc(SCC(=O)[C@H](C#N)c3nc(C)cs3)o2)cc1. The number of Topliss-reactive ketones (excluding diaryl/α,β-unsaturated/α-hetero) is 1. The van der Waals surface area contributed by atoms with Gasteiger partial charge in [0.1, 0.15) is 5.01 Å². The van der Waals surface area contributed by atoms with Crippen molar-refractivity contribution in [1.29, 1.82) is 5.26 Å². The molecule has 0 fully saturated rings. The lowest BCUT2D eigenvalue weighted by Crippen LogP contribution is -2.13. The minimum Gasteiger partial charge on any atom is -0.411 e. The Bertz CT molecular complexity index is 925. The topological polar surface area (TPSA) is 92.7 Å². The van der Waals surface area contributed by atoms with Gasteiger partial charge in [-0.05, 0) is 26.0 Å². The number of benzene rings is 1. The summed E-state index contributed by atoms with van der Waals surface area (Å²) in [4.78, 5) is 16.5. The lowest BCUT2D eigenvalue weighted by Gasteiger charge is -2.02. The van der Waals surface area contributed by atoms with E-state index in [4.69, 9.17) is 4.42 Å². The summed E-state index contributed by atoms with van der Waals surface area (Å²) >= 11 is 2.45. The predicted molar refractivity (Wildman–Crippen MR) is 95.4 cm³/mol. The molecule has 0 radical (unpaired) electrons. The molecule has 3 rings (SSSR count). The van der Waals surface area contributed by atoms with E-state index in [1.165, 1.54) is 11.3 Å². The van der Waals surface area contributed by atoms with E-state index in [2.05, 4.69) is 15.2 Å². The van der Waals surface area contributed by atoms with Gasteiger partial charge in [-0.3, -0.25) is 4.79 Å².